The van der Waals surface area contributed by atoms with E-state index in [0.29, 0.717) is 5.75 Å². The van der Waals surface area contributed by atoms with Crippen LogP contribution in [-0.2, 0) is 33.3 Å². The van der Waals surface area contributed by atoms with Gasteiger partial charge in [-0.15, -0.1) is 11.8 Å². The maximum absolute atomic E-state index is 14.6. The van der Waals surface area contributed by atoms with Gasteiger partial charge in [-0.1, -0.05) is 0 Å². The molecule has 2 aliphatic rings. The van der Waals surface area contributed by atoms with Crippen LogP contribution in [0.5, 0.6) is 0 Å². The number of H-pyrrole nitrogens is 1. The van der Waals surface area contributed by atoms with Crippen molar-refractivity contribution in [3.05, 3.63) is 55.3 Å². The fourth-order valence-corrected chi connectivity index (χ4v) is 5.38. The summed E-state index contributed by atoms with van der Waals surface area (Å²) in [7, 11) is 0. The highest BCUT2D eigenvalue weighted by Crippen LogP contribution is 2.31. The van der Waals surface area contributed by atoms with Gasteiger partial charge in [-0.2, -0.15) is 4.98 Å². The molecule has 2 fully saturated rings. The van der Waals surface area contributed by atoms with Crippen LogP contribution in [-0.4, -0.2) is 79.7 Å². The Morgan fingerprint density at radius 1 is 1.21 bits per heavy atom. The maximum atomic E-state index is 14.6. The number of esters is 2. The van der Waals surface area contributed by atoms with Gasteiger partial charge in [0.05, 0.1) is 0 Å². The van der Waals surface area contributed by atoms with Gasteiger partial charge in [0.15, 0.2) is 0 Å². The third-order valence-electron chi connectivity index (χ3n) is 6.58. The third-order valence-corrected chi connectivity index (χ3v) is 7.68. The Morgan fingerprint density at radius 3 is 2.70 bits per heavy atom. The summed E-state index contributed by atoms with van der Waals surface area (Å²) >= 11 is 1.31. The molecule has 16 nitrogen and oxygen atoms in total. The molecule has 1 unspecified atom stereocenters. The predicted octanol–water partition coefficient (Wildman–Crippen LogP) is -0.731. The number of amides is 1. The molecule has 0 bridgehead atoms. The van der Waals surface area contributed by atoms with E-state index < -0.39 is 77.6 Å². The number of nitrogens with two attached hydrogens (primary N) is 1. The summed E-state index contributed by atoms with van der Waals surface area (Å²) in [6, 6.07) is 0.282. The number of nitrogens with one attached hydrogen (secondary N) is 2. The van der Waals surface area contributed by atoms with E-state index >= 15 is 0 Å². The van der Waals surface area contributed by atoms with Crippen molar-refractivity contribution >= 4 is 35.4 Å². The molecule has 4 heterocycles. The Kier molecular flexibility index (Phi) is 10.4. The second kappa shape index (κ2) is 14.0. The van der Waals surface area contributed by atoms with Crippen molar-refractivity contribution in [3.8, 4) is 0 Å². The van der Waals surface area contributed by atoms with Gasteiger partial charge < -0.3 is 30.0 Å². The van der Waals surface area contributed by atoms with E-state index in [-0.39, 0.29) is 37.3 Å². The lowest BCUT2D eigenvalue weighted by atomic mass is 10.1. The minimum Gasteiger partial charge on any atom is -0.463 e. The molecule has 2 aromatic rings. The minimum absolute atomic E-state index is 0.0769. The number of aryl methyl sites for hydroxylation is 1. The summed E-state index contributed by atoms with van der Waals surface area (Å²) in [4.78, 5) is 78.2. The van der Waals surface area contributed by atoms with Crippen molar-refractivity contribution in [1.82, 2.24) is 24.4 Å². The van der Waals surface area contributed by atoms with Gasteiger partial charge in [0.1, 0.15) is 55.2 Å². The number of aromatic amines is 1. The first-order chi connectivity index (χ1) is 20.4. The van der Waals surface area contributed by atoms with Crippen molar-refractivity contribution in [3.63, 3.8) is 0 Å². The monoisotopic (exact) mass is 626 g/mol. The average Bonchev–Trinajstić information content (AvgIpc) is 3.56. The zero-order chi connectivity index (χ0) is 31.3. The Balaban J connectivity index is 1.23. The summed E-state index contributed by atoms with van der Waals surface area (Å²) in [5.41, 5.74) is 3.25. The summed E-state index contributed by atoms with van der Waals surface area (Å²) in [6.07, 6.45) is -2.29. The Morgan fingerprint density at radius 2 is 1.98 bits per heavy atom. The molecule has 2 aliphatic heterocycles. The van der Waals surface area contributed by atoms with Crippen molar-refractivity contribution in [2.45, 2.75) is 69.3 Å². The van der Waals surface area contributed by atoms with Crippen LogP contribution >= 0.6 is 11.8 Å². The molecule has 1 amide bonds. The number of ether oxygens (including phenoxy) is 4. The van der Waals surface area contributed by atoms with Gasteiger partial charge in [0.25, 0.3) is 5.56 Å². The van der Waals surface area contributed by atoms with Gasteiger partial charge in [-0.3, -0.25) is 28.5 Å². The van der Waals surface area contributed by atoms with E-state index in [9.17, 15) is 33.2 Å². The molecular weight excluding hydrogens is 595 g/mol. The zero-order valence-electron chi connectivity index (χ0n) is 23.2. The normalized spacial score (nSPS) is 23.9. The first kappa shape index (κ1) is 31.9. The fourth-order valence-electron chi connectivity index (χ4n) is 4.39. The lowest BCUT2D eigenvalue weighted by Gasteiger charge is -2.19. The third kappa shape index (κ3) is 8.29. The van der Waals surface area contributed by atoms with Crippen LogP contribution in [0.3, 0.4) is 0 Å². The number of nitrogens with zero attached hydrogens (tertiary/aromatic N) is 3. The fraction of sp³-hybridized carbons (Fsp3) is 0.560. The molecule has 2 aromatic heterocycles. The molecular formula is C25H31FN6O10S. The van der Waals surface area contributed by atoms with Crippen molar-refractivity contribution in [1.29, 1.82) is 0 Å². The summed E-state index contributed by atoms with van der Waals surface area (Å²) < 4.78 is 38.6. The molecule has 234 valence electrons. The highest BCUT2D eigenvalue weighted by Gasteiger charge is 2.38. The molecule has 43 heavy (non-hydrogen) atoms. The number of aromatic nitrogens is 4. The number of nitrogen functional groups attached to an aromatic ring is 1. The van der Waals surface area contributed by atoms with Crippen LogP contribution in [0, 0.1) is 6.92 Å². The lowest BCUT2D eigenvalue weighted by Crippen LogP contribution is -2.42. The van der Waals surface area contributed by atoms with Crippen LogP contribution in [0.1, 0.15) is 44.2 Å². The molecule has 4 rings (SSSR count). The Bertz CT molecular complexity index is 1530. The smallest absolute Gasteiger partial charge is 0.351 e. The van der Waals surface area contributed by atoms with E-state index in [1.54, 1.807) is 0 Å². The van der Waals surface area contributed by atoms with Crippen LogP contribution in [0.15, 0.2) is 32.8 Å². The van der Waals surface area contributed by atoms with Crippen LogP contribution < -0.4 is 28.0 Å². The molecule has 18 heteroatoms. The lowest BCUT2D eigenvalue weighted by molar-refractivity contribution is -0.153. The second-order valence-corrected chi connectivity index (χ2v) is 11.1. The molecule has 0 aromatic carbocycles. The van der Waals surface area contributed by atoms with Gasteiger partial charge in [0, 0.05) is 43.5 Å². The second-order valence-electron chi connectivity index (χ2n) is 9.86. The topological polar surface area (TPSA) is 216 Å². The van der Waals surface area contributed by atoms with Crippen molar-refractivity contribution in [2.24, 2.45) is 0 Å². The Hall–Kier alpha value is -4.03. The number of thioether (sulfide) groups is 1. The molecule has 0 radical (unpaired) electrons. The van der Waals surface area contributed by atoms with Crippen molar-refractivity contribution in [2.75, 3.05) is 24.7 Å². The van der Waals surface area contributed by atoms with E-state index in [0.717, 1.165) is 4.57 Å². The predicted molar refractivity (Wildman–Crippen MR) is 148 cm³/mol. The van der Waals surface area contributed by atoms with E-state index in [1.165, 1.54) is 48.6 Å². The highest BCUT2D eigenvalue weighted by molar-refractivity contribution is 8.00. The van der Waals surface area contributed by atoms with Gasteiger partial charge in [-0.05, 0) is 19.4 Å². The number of halogens is 1. The van der Waals surface area contributed by atoms with E-state index in [4.69, 9.17) is 24.7 Å². The molecule has 6 atom stereocenters. The number of carbonyl (C=O) groups is 3. The molecule has 4 N–H and O–H groups in total. The first-order valence-corrected chi connectivity index (χ1v) is 14.3. The first-order valence-electron chi connectivity index (χ1n) is 13.2. The number of rotatable bonds is 11. The molecule has 0 aliphatic carbocycles. The number of hydrogen-bond donors (Lipinski definition) is 3. The standard InChI is InChI=1S/C25H31FN6O10S/c1-12-8-32(25(38)30-22(12)35)18-7-14(26)16(41-18)9-39-20(34)4-3-15(28-13(2)33)23(36)40-10-21-42-19(11-43-21)31-6-5-17(27)29-24(31)37/h5-6,8,14-16,18-19,21H,3-4,7,9-11H2,1-2H3,(H,28,33)(H2,27,29,37)(H,30,35,38)/t14-,15?,16+,18+,19-,21+/m0/s1. The van der Waals surface area contributed by atoms with Crippen molar-refractivity contribution < 1.29 is 37.7 Å². The summed E-state index contributed by atoms with van der Waals surface area (Å²) in [5.74, 6) is -1.65. The van der Waals surface area contributed by atoms with Crippen LogP contribution in [0.2, 0.25) is 0 Å². The molecule has 0 spiro atoms. The number of anilines is 1. The van der Waals surface area contributed by atoms with E-state index in [2.05, 4.69) is 15.3 Å². The van der Waals surface area contributed by atoms with E-state index in [1.807, 2.05) is 0 Å². The zero-order valence-corrected chi connectivity index (χ0v) is 24.0. The largest absolute Gasteiger partial charge is 0.463 e. The highest BCUT2D eigenvalue weighted by atomic mass is 32.2. The summed E-state index contributed by atoms with van der Waals surface area (Å²) in [6.45, 7) is 2.05. The summed E-state index contributed by atoms with van der Waals surface area (Å²) in [5, 5.41) is 2.42. The number of hydrogen-bond acceptors (Lipinski definition) is 13. The SMILES string of the molecule is CC(=O)NC(CCC(=O)OC[C@H]1O[C@@H](n2cc(C)c(=O)[nH]c2=O)C[C@@H]1F)C(=O)OC[C@@H]1O[C@H](n2ccc(N)nc2=O)CS1. The molecule has 2 saturated heterocycles. The van der Waals surface area contributed by atoms with Crippen LogP contribution in [0.25, 0.3) is 0 Å². The Labute approximate surface area is 247 Å². The minimum atomic E-state index is -1.55. The van der Waals surface area contributed by atoms with Crippen LogP contribution in [0.4, 0.5) is 10.2 Å². The maximum Gasteiger partial charge on any atom is 0.351 e. The average molecular weight is 627 g/mol. The van der Waals surface area contributed by atoms with Gasteiger partial charge in [-0.25, -0.2) is 18.8 Å². The quantitative estimate of drug-likeness (QED) is 0.263. The number of alkyl halides is 1. The van der Waals surface area contributed by atoms with Gasteiger partial charge in [0.2, 0.25) is 5.91 Å². The van der Waals surface area contributed by atoms with Gasteiger partial charge >= 0.3 is 23.3 Å². The number of carbonyl (C=O) groups excluding carboxylic acids is 3. The molecule has 0 saturated carbocycles.